The van der Waals surface area contributed by atoms with Gasteiger partial charge in [0.2, 0.25) is 0 Å². The molecule has 5 nitrogen and oxygen atoms in total. The SMILES string of the molecule is NN=Cc1ccc(SCc2ccccc2)c([N+](=O)[O-])c1. The highest BCUT2D eigenvalue weighted by molar-refractivity contribution is 7.98. The highest BCUT2D eigenvalue weighted by Crippen LogP contribution is 2.32. The van der Waals surface area contributed by atoms with Crippen molar-refractivity contribution in [2.45, 2.75) is 10.6 Å². The van der Waals surface area contributed by atoms with Gasteiger partial charge in [-0.25, -0.2) is 0 Å². The fraction of sp³-hybridized carbons (Fsp3) is 0.0714. The van der Waals surface area contributed by atoms with E-state index >= 15 is 0 Å². The molecule has 0 heterocycles. The number of nitrogens with zero attached hydrogens (tertiary/aromatic N) is 2. The summed E-state index contributed by atoms with van der Waals surface area (Å²) in [6, 6.07) is 14.8. The molecule has 0 saturated carbocycles. The lowest BCUT2D eigenvalue weighted by Gasteiger charge is -2.04. The van der Waals surface area contributed by atoms with Gasteiger partial charge >= 0.3 is 0 Å². The minimum atomic E-state index is -0.388. The molecule has 6 heteroatoms. The van der Waals surface area contributed by atoms with E-state index < -0.39 is 0 Å². The first-order valence-corrected chi connectivity index (χ1v) is 6.87. The normalized spacial score (nSPS) is 10.8. The van der Waals surface area contributed by atoms with Crippen molar-refractivity contribution in [2.24, 2.45) is 10.9 Å². The Kier molecular flexibility index (Phi) is 4.73. The molecule has 0 bridgehead atoms. The molecule has 0 aliphatic carbocycles. The van der Waals surface area contributed by atoms with E-state index in [1.54, 1.807) is 12.1 Å². The van der Waals surface area contributed by atoms with Crippen molar-refractivity contribution in [3.63, 3.8) is 0 Å². The van der Waals surface area contributed by atoms with Gasteiger partial charge in [0.25, 0.3) is 5.69 Å². The highest BCUT2D eigenvalue weighted by atomic mass is 32.2. The Balaban J connectivity index is 2.20. The molecular weight excluding hydrogens is 274 g/mol. The second kappa shape index (κ2) is 6.72. The maximum atomic E-state index is 11.1. The zero-order chi connectivity index (χ0) is 14.4. The van der Waals surface area contributed by atoms with Crippen LogP contribution in [0.4, 0.5) is 5.69 Å². The molecule has 0 fully saturated rings. The van der Waals surface area contributed by atoms with E-state index in [9.17, 15) is 10.1 Å². The Morgan fingerprint density at radius 3 is 2.65 bits per heavy atom. The van der Waals surface area contributed by atoms with E-state index in [1.807, 2.05) is 30.3 Å². The molecule has 0 atom stereocenters. The molecule has 0 radical (unpaired) electrons. The van der Waals surface area contributed by atoms with E-state index in [-0.39, 0.29) is 10.6 Å². The number of hydrazone groups is 1. The molecule has 2 aromatic carbocycles. The number of nitro groups is 1. The number of nitrogens with two attached hydrogens (primary N) is 1. The van der Waals surface area contributed by atoms with Gasteiger partial charge in [0.05, 0.1) is 16.0 Å². The third kappa shape index (κ3) is 3.58. The van der Waals surface area contributed by atoms with Gasteiger partial charge in [-0.3, -0.25) is 10.1 Å². The summed E-state index contributed by atoms with van der Waals surface area (Å²) in [5.74, 6) is 5.74. The van der Waals surface area contributed by atoms with Gasteiger partial charge in [0.1, 0.15) is 0 Å². The van der Waals surface area contributed by atoms with Crippen LogP contribution in [0, 0.1) is 10.1 Å². The van der Waals surface area contributed by atoms with Crippen LogP contribution in [0.15, 0.2) is 58.5 Å². The average Bonchev–Trinajstić information content (AvgIpc) is 2.47. The van der Waals surface area contributed by atoms with Crippen LogP contribution in [0.5, 0.6) is 0 Å². The van der Waals surface area contributed by atoms with E-state index in [1.165, 1.54) is 24.0 Å². The minimum Gasteiger partial charge on any atom is -0.323 e. The van der Waals surface area contributed by atoms with Crippen molar-refractivity contribution in [2.75, 3.05) is 0 Å². The zero-order valence-corrected chi connectivity index (χ0v) is 11.4. The zero-order valence-electron chi connectivity index (χ0n) is 10.6. The number of benzene rings is 2. The molecule has 2 rings (SSSR count). The fourth-order valence-electron chi connectivity index (χ4n) is 1.70. The number of nitro benzene ring substituents is 1. The molecule has 0 saturated heterocycles. The van der Waals surface area contributed by atoms with Gasteiger partial charge in [-0.2, -0.15) is 5.10 Å². The second-order valence-corrected chi connectivity index (χ2v) is 5.05. The van der Waals surface area contributed by atoms with Crippen LogP contribution in [0.25, 0.3) is 0 Å². The predicted molar refractivity (Wildman–Crippen MR) is 80.9 cm³/mol. The summed E-state index contributed by atoms with van der Waals surface area (Å²) in [5, 5.41) is 14.5. The Morgan fingerprint density at radius 1 is 1.25 bits per heavy atom. The molecular formula is C14H13N3O2S. The van der Waals surface area contributed by atoms with Crippen molar-refractivity contribution in [3.05, 3.63) is 69.8 Å². The van der Waals surface area contributed by atoms with Crippen LogP contribution >= 0.6 is 11.8 Å². The van der Waals surface area contributed by atoms with Crippen molar-refractivity contribution in [1.82, 2.24) is 0 Å². The lowest BCUT2D eigenvalue weighted by molar-refractivity contribution is -0.387. The molecule has 102 valence electrons. The fourth-order valence-corrected chi connectivity index (χ4v) is 2.66. The van der Waals surface area contributed by atoms with Crippen LogP contribution in [0.3, 0.4) is 0 Å². The van der Waals surface area contributed by atoms with Gasteiger partial charge in [0.15, 0.2) is 0 Å². The van der Waals surface area contributed by atoms with Crippen LogP contribution in [-0.2, 0) is 5.75 Å². The summed E-state index contributed by atoms with van der Waals surface area (Å²) in [7, 11) is 0. The first kappa shape index (κ1) is 14.1. The molecule has 0 amide bonds. The molecule has 0 aromatic heterocycles. The maximum absolute atomic E-state index is 11.1. The second-order valence-electron chi connectivity index (χ2n) is 4.04. The lowest BCUT2D eigenvalue weighted by atomic mass is 10.2. The van der Waals surface area contributed by atoms with Crippen LogP contribution in [0.2, 0.25) is 0 Å². The van der Waals surface area contributed by atoms with Crippen molar-refractivity contribution in [3.8, 4) is 0 Å². The predicted octanol–water partition coefficient (Wildman–Crippen LogP) is 3.18. The highest BCUT2D eigenvalue weighted by Gasteiger charge is 2.14. The number of thioether (sulfide) groups is 1. The number of hydrogen-bond donors (Lipinski definition) is 1. The Hall–Kier alpha value is -2.34. The molecule has 2 N–H and O–H groups in total. The third-order valence-electron chi connectivity index (χ3n) is 2.64. The summed E-state index contributed by atoms with van der Waals surface area (Å²) >= 11 is 1.44. The first-order valence-electron chi connectivity index (χ1n) is 5.89. The molecule has 0 aliphatic heterocycles. The van der Waals surface area contributed by atoms with Crippen molar-refractivity contribution >= 4 is 23.7 Å². The molecule has 0 spiro atoms. The molecule has 0 aliphatic rings. The average molecular weight is 287 g/mol. The summed E-state index contributed by atoms with van der Waals surface area (Å²) in [4.78, 5) is 11.4. The minimum absolute atomic E-state index is 0.0725. The Labute approximate surface area is 120 Å². The van der Waals surface area contributed by atoms with Crippen molar-refractivity contribution in [1.29, 1.82) is 0 Å². The van der Waals surface area contributed by atoms with E-state index in [0.29, 0.717) is 16.2 Å². The van der Waals surface area contributed by atoms with Crippen LogP contribution < -0.4 is 5.84 Å². The molecule has 0 unspecified atom stereocenters. The van der Waals surface area contributed by atoms with Gasteiger partial charge < -0.3 is 5.84 Å². The van der Waals surface area contributed by atoms with Gasteiger partial charge in [-0.1, -0.05) is 36.4 Å². The van der Waals surface area contributed by atoms with E-state index in [2.05, 4.69) is 5.10 Å². The third-order valence-corrected chi connectivity index (χ3v) is 3.77. The monoisotopic (exact) mass is 287 g/mol. The van der Waals surface area contributed by atoms with Crippen LogP contribution in [-0.4, -0.2) is 11.1 Å². The Bertz CT molecular complexity index is 630. The number of hydrogen-bond acceptors (Lipinski definition) is 5. The summed E-state index contributed by atoms with van der Waals surface area (Å²) in [6.07, 6.45) is 1.39. The van der Waals surface area contributed by atoms with Crippen LogP contribution in [0.1, 0.15) is 11.1 Å². The standard InChI is InChI=1S/C14H13N3O2S/c15-16-9-12-6-7-14(13(8-12)17(18)19)20-10-11-4-2-1-3-5-11/h1-9H,10,15H2. The maximum Gasteiger partial charge on any atom is 0.283 e. The molecule has 2 aromatic rings. The van der Waals surface area contributed by atoms with Gasteiger partial charge in [-0.05, 0) is 11.6 Å². The number of rotatable bonds is 5. The van der Waals surface area contributed by atoms with Gasteiger partial charge in [-0.15, -0.1) is 11.8 Å². The molecule has 20 heavy (non-hydrogen) atoms. The quantitative estimate of drug-likeness (QED) is 0.301. The van der Waals surface area contributed by atoms with Gasteiger partial charge in [0, 0.05) is 17.4 Å². The first-order chi connectivity index (χ1) is 9.70. The summed E-state index contributed by atoms with van der Waals surface area (Å²) < 4.78 is 0. The van der Waals surface area contributed by atoms with E-state index in [0.717, 1.165) is 5.56 Å². The Morgan fingerprint density at radius 2 is 2.00 bits per heavy atom. The summed E-state index contributed by atoms with van der Waals surface area (Å²) in [6.45, 7) is 0. The van der Waals surface area contributed by atoms with E-state index in [4.69, 9.17) is 5.84 Å². The van der Waals surface area contributed by atoms with Crippen molar-refractivity contribution < 1.29 is 4.92 Å². The summed E-state index contributed by atoms with van der Waals surface area (Å²) in [5.41, 5.74) is 1.81. The smallest absolute Gasteiger partial charge is 0.283 e. The largest absolute Gasteiger partial charge is 0.323 e. The topological polar surface area (TPSA) is 81.5 Å². The lowest BCUT2D eigenvalue weighted by Crippen LogP contribution is -1.94.